The van der Waals surface area contributed by atoms with Crippen LogP contribution in [0.15, 0.2) is 109 Å². The van der Waals surface area contributed by atoms with Gasteiger partial charge in [0, 0.05) is 12.8 Å². The summed E-state index contributed by atoms with van der Waals surface area (Å²) in [4.78, 5) is 37.7. The van der Waals surface area contributed by atoms with E-state index in [1.54, 1.807) is 0 Å². The summed E-state index contributed by atoms with van der Waals surface area (Å²) in [5.74, 6) is -0.542. The van der Waals surface area contributed by atoms with Gasteiger partial charge in [0.2, 0.25) is 5.91 Å². The van der Waals surface area contributed by atoms with E-state index in [2.05, 4.69) is 123 Å². The van der Waals surface area contributed by atoms with Gasteiger partial charge >= 0.3 is 13.8 Å². The molecular weight excluding hydrogens is 964 g/mol. The summed E-state index contributed by atoms with van der Waals surface area (Å²) < 4.78 is 30.6. The number of amides is 1. The van der Waals surface area contributed by atoms with Crippen LogP contribution in [-0.4, -0.2) is 74.3 Å². The Labute approximate surface area is 468 Å². The third-order valence-electron chi connectivity index (χ3n) is 13.0. The monoisotopic (exact) mass is 1080 g/mol. The number of nitrogens with one attached hydrogen (secondary N) is 1. The largest absolute Gasteiger partial charge is 0.472 e. The van der Waals surface area contributed by atoms with E-state index in [0.717, 1.165) is 128 Å². The van der Waals surface area contributed by atoms with Crippen LogP contribution >= 0.6 is 7.82 Å². The zero-order valence-electron chi connectivity index (χ0n) is 49.7. The molecule has 0 aromatic carbocycles. The molecule has 3 atom stereocenters. The van der Waals surface area contributed by atoms with E-state index < -0.39 is 20.0 Å². The zero-order valence-corrected chi connectivity index (χ0v) is 50.6. The van der Waals surface area contributed by atoms with Gasteiger partial charge in [-0.05, 0) is 96.0 Å². The standard InChI is InChI=1S/C66H115N2O7P/c1-7-10-13-16-19-22-25-28-29-30-31-32-33-34-35-36-37-38-39-41-44-47-50-53-56-59-66(70)75-64(57-54-51-48-45-42-27-24-21-18-15-12-9-3)63(62-74-76(71,72)73-61-60-68(4,5)6)67-65(69)58-55-52-49-46-43-40-26-23-20-17-14-11-8-2/h10-11,13-14,17,19-20,22-23,26,28-29,31-32,34-35,54,57,63-64H,7-9,12,15-16,18,21,24-25,27,30,33,36-53,55-56,58-62H2,1-6H3,(H-,67,69,71,72)/p+1/b13-10-,14-11+,20-17+,22-19-,26-23-,29-28-,32-31-,35-34-,57-54-. The average molecular weight is 1080 g/mol. The molecule has 0 aliphatic heterocycles. The van der Waals surface area contributed by atoms with Crippen LogP contribution in [0.25, 0.3) is 0 Å². The summed E-state index contributed by atoms with van der Waals surface area (Å²) in [6.45, 7) is 6.73. The van der Waals surface area contributed by atoms with Gasteiger partial charge < -0.3 is 19.4 Å². The molecule has 436 valence electrons. The number of allylic oxidation sites excluding steroid dienone is 17. The highest BCUT2D eigenvalue weighted by molar-refractivity contribution is 7.47. The average Bonchev–Trinajstić information content (AvgIpc) is 3.38. The van der Waals surface area contributed by atoms with Gasteiger partial charge in [-0.15, -0.1) is 0 Å². The number of ether oxygens (including phenoxy) is 1. The Bertz CT molecular complexity index is 1670. The first-order valence-electron chi connectivity index (χ1n) is 30.7. The fraction of sp³-hybridized carbons (Fsp3) is 0.697. The van der Waals surface area contributed by atoms with Crippen molar-refractivity contribution in [3.05, 3.63) is 109 Å². The van der Waals surface area contributed by atoms with Crippen molar-refractivity contribution in [3.8, 4) is 0 Å². The molecule has 0 aliphatic rings. The molecule has 0 bridgehead atoms. The molecule has 10 heteroatoms. The van der Waals surface area contributed by atoms with Crippen LogP contribution in [-0.2, 0) is 27.9 Å². The van der Waals surface area contributed by atoms with Crippen LogP contribution in [0.5, 0.6) is 0 Å². The number of phosphoric ester groups is 1. The summed E-state index contributed by atoms with van der Waals surface area (Å²) in [6, 6.07) is -0.867. The first kappa shape index (κ1) is 72.7. The number of hydrogen-bond donors (Lipinski definition) is 2. The molecule has 1 amide bonds. The van der Waals surface area contributed by atoms with E-state index in [-0.39, 0.29) is 31.5 Å². The summed E-state index contributed by atoms with van der Waals surface area (Å²) >= 11 is 0. The molecule has 0 saturated carbocycles. The molecule has 0 aromatic rings. The van der Waals surface area contributed by atoms with Gasteiger partial charge in [0.1, 0.15) is 19.3 Å². The Morgan fingerprint density at radius 1 is 0.487 bits per heavy atom. The van der Waals surface area contributed by atoms with Crippen molar-refractivity contribution in [3.63, 3.8) is 0 Å². The molecule has 0 rings (SSSR count). The molecule has 9 nitrogen and oxygen atoms in total. The summed E-state index contributed by atoms with van der Waals surface area (Å²) in [5.41, 5.74) is 0. The first-order chi connectivity index (χ1) is 36.9. The fourth-order valence-corrected chi connectivity index (χ4v) is 9.05. The van der Waals surface area contributed by atoms with Gasteiger partial charge in [-0.3, -0.25) is 18.6 Å². The smallest absolute Gasteiger partial charge is 0.456 e. The SMILES string of the molecule is CC/C=C\C/C=C\C/C=C\C/C=C\C/C=C\CCCCCCCCCCCC(=O)OC(/C=C\CCCCCCCCCCCC)C(COP(=O)(O)OCC[N+](C)(C)C)NC(=O)CCCCCCC\C=C/C=C/C=C/CC. The van der Waals surface area contributed by atoms with Gasteiger partial charge in [0.15, 0.2) is 0 Å². The van der Waals surface area contributed by atoms with Crippen LogP contribution in [0.3, 0.4) is 0 Å². The number of nitrogens with zero attached hydrogens (tertiary/aromatic N) is 1. The number of phosphoric acid groups is 1. The van der Waals surface area contributed by atoms with E-state index in [9.17, 15) is 19.0 Å². The summed E-state index contributed by atoms with van der Waals surface area (Å²) in [7, 11) is 1.46. The van der Waals surface area contributed by atoms with Crippen molar-refractivity contribution in [2.45, 2.75) is 258 Å². The van der Waals surface area contributed by atoms with Crippen LogP contribution in [0.4, 0.5) is 0 Å². The first-order valence-corrected chi connectivity index (χ1v) is 32.2. The van der Waals surface area contributed by atoms with Crippen LogP contribution in [0, 0.1) is 0 Å². The Balaban J connectivity index is 5.19. The number of rotatable bonds is 54. The minimum Gasteiger partial charge on any atom is -0.456 e. The Morgan fingerprint density at radius 2 is 0.908 bits per heavy atom. The lowest BCUT2D eigenvalue weighted by atomic mass is 10.0. The second-order valence-corrected chi connectivity index (χ2v) is 23.0. The number of quaternary nitrogens is 1. The van der Waals surface area contributed by atoms with Crippen molar-refractivity contribution < 1.29 is 37.3 Å². The predicted molar refractivity (Wildman–Crippen MR) is 327 cm³/mol. The van der Waals surface area contributed by atoms with Crippen molar-refractivity contribution >= 4 is 19.7 Å². The molecule has 0 aliphatic carbocycles. The van der Waals surface area contributed by atoms with Gasteiger partial charge in [0.05, 0.1) is 33.8 Å². The summed E-state index contributed by atoms with van der Waals surface area (Å²) in [6.07, 6.45) is 75.2. The quantitative estimate of drug-likeness (QED) is 0.0156. The lowest BCUT2D eigenvalue weighted by Gasteiger charge is -2.27. The molecule has 0 fully saturated rings. The molecule has 0 spiro atoms. The maximum absolute atomic E-state index is 13.5. The second-order valence-electron chi connectivity index (χ2n) is 21.5. The van der Waals surface area contributed by atoms with E-state index in [4.69, 9.17) is 13.8 Å². The van der Waals surface area contributed by atoms with Crippen molar-refractivity contribution in [2.75, 3.05) is 40.9 Å². The maximum atomic E-state index is 13.5. The Morgan fingerprint density at radius 3 is 1.41 bits per heavy atom. The van der Waals surface area contributed by atoms with Crippen molar-refractivity contribution in [1.29, 1.82) is 0 Å². The van der Waals surface area contributed by atoms with Crippen LogP contribution < -0.4 is 5.32 Å². The second kappa shape index (κ2) is 55.0. The highest BCUT2D eigenvalue weighted by Crippen LogP contribution is 2.43. The number of unbranched alkanes of at least 4 members (excludes halogenated alkanes) is 24. The molecular formula is C66H116N2O7P+. The van der Waals surface area contributed by atoms with Gasteiger partial charge in [-0.1, -0.05) is 246 Å². The van der Waals surface area contributed by atoms with E-state index in [1.807, 2.05) is 33.3 Å². The topological polar surface area (TPSA) is 111 Å². The molecule has 0 aromatic heterocycles. The van der Waals surface area contributed by atoms with Crippen LogP contribution in [0.2, 0.25) is 0 Å². The summed E-state index contributed by atoms with van der Waals surface area (Å²) in [5, 5.41) is 3.03. The van der Waals surface area contributed by atoms with Gasteiger partial charge in [-0.25, -0.2) is 4.57 Å². The van der Waals surface area contributed by atoms with Crippen LogP contribution in [0.1, 0.15) is 245 Å². The van der Waals surface area contributed by atoms with E-state index >= 15 is 0 Å². The number of hydrogen-bond acceptors (Lipinski definition) is 6. The number of carbonyl (C=O) groups is 2. The normalized spacial score (nSPS) is 14.5. The molecule has 0 saturated heterocycles. The number of likely N-dealkylation sites (N-methyl/N-ethyl adjacent to an activating group) is 1. The minimum absolute atomic E-state index is 0.0296. The molecule has 2 N–H and O–H groups in total. The lowest BCUT2D eigenvalue weighted by molar-refractivity contribution is -0.870. The molecule has 3 unspecified atom stereocenters. The third kappa shape index (κ3) is 55.4. The van der Waals surface area contributed by atoms with E-state index in [0.29, 0.717) is 17.4 Å². The highest BCUT2D eigenvalue weighted by Gasteiger charge is 2.30. The van der Waals surface area contributed by atoms with E-state index in [1.165, 1.54) is 83.5 Å². The Kier molecular flexibility index (Phi) is 52.6. The van der Waals surface area contributed by atoms with Gasteiger partial charge in [0.25, 0.3) is 0 Å². The van der Waals surface area contributed by atoms with Crippen molar-refractivity contribution in [2.24, 2.45) is 0 Å². The van der Waals surface area contributed by atoms with Crippen molar-refractivity contribution in [1.82, 2.24) is 5.32 Å². The molecule has 0 heterocycles. The minimum atomic E-state index is -4.46. The molecule has 76 heavy (non-hydrogen) atoms. The number of carbonyl (C=O) groups excluding carboxylic acids is 2. The molecule has 0 radical (unpaired) electrons. The lowest BCUT2D eigenvalue weighted by Crippen LogP contribution is -2.47. The predicted octanol–water partition coefficient (Wildman–Crippen LogP) is 18.9. The highest BCUT2D eigenvalue weighted by atomic mass is 31.2. The Hall–Kier alpha value is -3.33. The third-order valence-corrected chi connectivity index (χ3v) is 14.0. The maximum Gasteiger partial charge on any atom is 0.472 e. The zero-order chi connectivity index (χ0) is 55.7. The van der Waals surface area contributed by atoms with Gasteiger partial charge in [-0.2, -0.15) is 0 Å². The fourth-order valence-electron chi connectivity index (χ4n) is 8.32. The number of esters is 1.